The number of hydrogen-bond acceptors (Lipinski definition) is 5. The van der Waals surface area contributed by atoms with Crippen molar-refractivity contribution in [1.82, 2.24) is 10.3 Å². The second-order valence-corrected chi connectivity index (χ2v) is 7.35. The molecule has 1 aliphatic heterocycles. The number of sulfonamides is 1. The van der Waals surface area contributed by atoms with Gasteiger partial charge in [-0.15, -0.1) is 0 Å². The predicted octanol–water partition coefficient (Wildman–Crippen LogP) is 1.27. The van der Waals surface area contributed by atoms with Crippen molar-refractivity contribution in [2.24, 2.45) is 5.14 Å². The lowest BCUT2D eigenvalue weighted by atomic mass is 10.0. The molecule has 6 nitrogen and oxygen atoms in total. The summed E-state index contributed by atoms with van der Waals surface area (Å²) >= 11 is 0. The molecule has 122 valence electrons. The molecule has 0 amide bonds. The zero-order valence-corrected chi connectivity index (χ0v) is 13.7. The summed E-state index contributed by atoms with van der Waals surface area (Å²) in [4.78, 5) is 6.03. The lowest BCUT2D eigenvalue weighted by Gasteiger charge is -2.39. The molecule has 0 bridgehead atoms. The number of piperazine rings is 1. The van der Waals surface area contributed by atoms with Gasteiger partial charge in [-0.25, -0.2) is 13.6 Å². The highest BCUT2D eigenvalue weighted by Gasteiger charge is 2.28. The highest BCUT2D eigenvalue weighted by molar-refractivity contribution is 7.89. The minimum atomic E-state index is -3.81. The molecule has 0 aliphatic carbocycles. The maximum atomic E-state index is 11.8. The van der Waals surface area contributed by atoms with Crippen LogP contribution in [0.2, 0.25) is 0 Å². The van der Waals surface area contributed by atoms with Crippen LogP contribution in [0.3, 0.4) is 0 Å². The zero-order valence-electron chi connectivity index (χ0n) is 12.9. The Kier molecular flexibility index (Phi) is 4.34. The Labute approximate surface area is 136 Å². The van der Waals surface area contributed by atoms with E-state index >= 15 is 0 Å². The molecule has 2 aromatic rings. The number of nitrogens with zero attached hydrogens (tertiary/aromatic N) is 2. The first kappa shape index (κ1) is 15.9. The van der Waals surface area contributed by atoms with Crippen molar-refractivity contribution in [1.29, 1.82) is 0 Å². The molecule has 1 aromatic heterocycles. The molecule has 1 aliphatic rings. The number of nitrogens with one attached hydrogen (secondary N) is 1. The Morgan fingerprint density at radius 3 is 2.65 bits per heavy atom. The highest BCUT2D eigenvalue weighted by Crippen LogP contribution is 2.28. The van der Waals surface area contributed by atoms with Crippen LogP contribution in [0.4, 0.5) is 5.69 Å². The summed E-state index contributed by atoms with van der Waals surface area (Å²) in [6, 6.07) is 12.2. The fraction of sp³-hybridized carbons (Fsp3) is 0.312. The first-order chi connectivity index (χ1) is 10.9. The van der Waals surface area contributed by atoms with Gasteiger partial charge in [-0.1, -0.05) is 30.3 Å². The van der Waals surface area contributed by atoms with E-state index in [-0.39, 0.29) is 17.0 Å². The van der Waals surface area contributed by atoms with Crippen molar-refractivity contribution in [2.45, 2.75) is 23.9 Å². The van der Waals surface area contributed by atoms with Gasteiger partial charge in [0.1, 0.15) is 4.90 Å². The summed E-state index contributed by atoms with van der Waals surface area (Å²) in [6.07, 6.45) is 2.91. The molecule has 3 rings (SSSR count). The first-order valence-electron chi connectivity index (χ1n) is 7.48. The Bertz CT molecular complexity index is 780. The highest BCUT2D eigenvalue weighted by atomic mass is 32.2. The van der Waals surface area contributed by atoms with Crippen molar-refractivity contribution < 1.29 is 8.42 Å². The van der Waals surface area contributed by atoms with Gasteiger partial charge in [0.25, 0.3) is 0 Å². The molecule has 1 saturated heterocycles. The molecule has 1 fully saturated rings. The number of rotatable bonds is 3. The molecule has 2 atom stereocenters. The molecule has 0 saturated carbocycles. The standard InChI is InChI=1S/C16H20N4O2S/c1-12-10-20(11-14(19-12)13-5-3-2-4-6-13)15-7-8-18-9-16(15)23(17,21)22/h2-9,12,14,19H,10-11H2,1H3,(H2,17,21,22)/t12-,14-/m1/s1. The molecule has 0 radical (unpaired) electrons. The molecule has 0 unspecified atom stereocenters. The van der Waals surface area contributed by atoms with Crippen LogP contribution in [0.5, 0.6) is 0 Å². The Balaban J connectivity index is 1.95. The van der Waals surface area contributed by atoms with Crippen LogP contribution in [-0.2, 0) is 10.0 Å². The van der Waals surface area contributed by atoms with Gasteiger partial charge in [-0.2, -0.15) is 0 Å². The van der Waals surface area contributed by atoms with Gasteiger partial charge in [-0.3, -0.25) is 4.98 Å². The molecule has 1 aromatic carbocycles. The van der Waals surface area contributed by atoms with Gasteiger partial charge in [0.05, 0.1) is 11.7 Å². The molecule has 0 spiro atoms. The van der Waals surface area contributed by atoms with Gasteiger partial charge in [-0.05, 0) is 18.6 Å². The number of hydrogen-bond donors (Lipinski definition) is 2. The van der Waals surface area contributed by atoms with Gasteiger partial charge in [0.15, 0.2) is 0 Å². The normalized spacial score (nSPS) is 22.1. The molecule has 23 heavy (non-hydrogen) atoms. The minimum Gasteiger partial charge on any atom is -0.367 e. The molecule has 3 N–H and O–H groups in total. The molecule has 2 heterocycles. The minimum absolute atomic E-state index is 0.0703. The van der Waals surface area contributed by atoms with Crippen LogP contribution in [0.15, 0.2) is 53.7 Å². The number of primary sulfonamides is 1. The maximum Gasteiger partial charge on any atom is 0.241 e. The van der Waals surface area contributed by atoms with Crippen molar-refractivity contribution >= 4 is 15.7 Å². The largest absolute Gasteiger partial charge is 0.367 e. The van der Waals surface area contributed by atoms with Crippen molar-refractivity contribution in [3.63, 3.8) is 0 Å². The number of anilines is 1. The fourth-order valence-corrected chi connectivity index (χ4v) is 3.71. The summed E-state index contributed by atoms with van der Waals surface area (Å²) < 4.78 is 23.6. The van der Waals surface area contributed by atoms with Crippen LogP contribution in [0, 0.1) is 0 Å². The molecular formula is C16H20N4O2S. The number of aromatic nitrogens is 1. The first-order valence-corrected chi connectivity index (χ1v) is 9.02. The van der Waals surface area contributed by atoms with E-state index in [4.69, 9.17) is 5.14 Å². The van der Waals surface area contributed by atoms with Crippen LogP contribution >= 0.6 is 0 Å². The SMILES string of the molecule is C[C@@H]1CN(c2ccncc2S(N)(=O)=O)C[C@H](c2ccccc2)N1. The van der Waals surface area contributed by atoms with Crippen molar-refractivity contribution in [3.05, 3.63) is 54.4 Å². The van der Waals surface area contributed by atoms with Crippen molar-refractivity contribution in [2.75, 3.05) is 18.0 Å². The van der Waals surface area contributed by atoms with E-state index in [1.807, 2.05) is 18.2 Å². The monoisotopic (exact) mass is 332 g/mol. The van der Waals surface area contributed by atoms with E-state index in [1.54, 1.807) is 12.3 Å². The average Bonchev–Trinajstić information content (AvgIpc) is 2.54. The Morgan fingerprint density at radius 1 is 1.22 bits per heavy atom. The van der Waals surface area contributed by atoms with Crippen LogP contribution in [-0.4, -0.2) is 32.5 Å². The van der Waals surface area contributed by atoms with E-state index in [9.17, 15) is 8.42 Å². The summed E-state index contributed by atoms with van der Waals surface area (Å²) in [6.45, 7) is 3.46. The second kappa shape index (κ2) is 6.27. The summed E-state index contributed by atoms with van der Waals surface area (Å²) in [5.74, 6) is 0. The predicted molar refractivity (Wildman–Crippen MR) is 89.6 cm³/mol. The third-order valence-electron chi connectivity index (χ3n) is 3.99. The topological polar surface area (TPSA) is 88.3 Å². The molecule has 7 heteroatoms. The van der Waals surface area contributed by atoms with E-state index < -0.39 is 10.0 Å². The van der Waals surface area contributed by atoms with Gasteiger partial charge >= 0.3 is 0 Å². The van der Waals surface area contributed by atoms with Gasteiger partial charge in [0, 0.05) is 31.5 Å². The second-order valence-electron chi connectivity index (χ2n) is 5.82. The number of pyridine rings is 1. The average molecular weight is 332 g/mol. The third kappa shape index (κ3) is 3.52. The smallest absolute Gasteiger partial charge is 0.241 e. The summed E-state index contributed by atoms with van der Waals surface area (Å²) in [7, 11) is -3.81. The van der Waals surface area contributed by atoms with E-state index in [0.717, 1.165) is 0 Å². The fourth-order valence-electron chi connectivity index (χ4n) is 3.01. The van der Waals surface area contributed by atoms with Crippen LogP contribution in [0.25, 0.3) is 0 Å². The number of benzene rings is 1. The lowest BCUT2D eigenvalue weighted by molar-refractivity contribution is 0.394. The van der Waals surface area contributed by atoms with Crippen LogP contribution < -0.4 is 15.4 Å². The van der Waals surface area contributed by atoms with Gasteiger partial charge in [0.2, 0.25) is 10.0 Å². The van der Waals surface area contributed by atoms with E-state index in [0.29, 0.717) is 18.8 Å². The van der Waals surface area contributed by atoms with Crippen molar-refractivity contribution in [3.8, 4) is 0 Å². The summed E-state index contributed by atoms with van der Waals surface area (Å²) in [5, 5.41) is 8.89. The Morgan fingerprint density at radius 2 is 1.96 bits per heavy atom. The third-order valence-corrected chi connectivity index (χ3v) is 4.92. The Hall–Kier alpha value is -1.96. The van der Waals surface area contributed by atoms with E-state index in [1.165, 1.54) is 11.8 Å². The quantitative estimate of drug-likeness (QED) is 0.884. The number of nitrogens with two attached hydrogens (primary N) is 1. The maximum absolute atomic E-state index is 11.8. The van der Waals surface area contributed by atoms with Gasteiger partial charge < -0.3 is 10.2 Å². The van der Waals surface area contributed by atoms with Crippen LogP contribution in [0.1, 0.15) is 18.5 Å². The zero-order chi connectivity index (χ0) is 16.4. The van der Waals surface area contributed by atoms with E-state index in [2.05, 4.69) is 34.3 Å². The lowest BCUT2D eigenvalue weighted by Crippen LogP contribution is -2.51. The summed E-state index contributed by atoms with van der Waals surface area (Å²) in [5.41, 5.74) is 1.78. The molecular weight excluding hydrogens is 312 g/mol.